The highest BCUT2D eigenvalue weighted by molar-refractivity contribution is 6.05. The molecule has 7 heteroatoms. The van der Waals surface area contributed by atoms with Crippen molar-refractivity contribution in [3.63, 3.8) is 0 Å². The van der Waals surface area contributed by atoms with E-state index in [4.69, 9.17) is 24.2 Å². The van der Waals surface area contributed by atoms with Crippen LogP contribution in [0.1, 0.15) is 31.5 Å². The summed E-state index contributed by atoms with van der Waals surface area (Å²) in [6.45, 7) is 2.87. The van der Waals surface area contributed by atoms with Gasteiger partial charge in [0, 0.05) is 37.9 Å². The number of para-hydroxylation sites is 1. The minimum absolute atomic E-state index is 0.128. The van der Waals surface area contributed by atoms with Crippen molar-refractivity contribution in [1.29, 1.82) is 0 Å². The monoisotopic (exact) mass is 369 g/mol. The van der Waals surface area contributed by atoms with E-state index in [1.807, 2.05) is 24.3 Å². The molecule has 27 heavy (non-hydrogen) atoms. The molecule has 0 spiro atoms. The number of carboxylic acid groups (broad SMARTS) is 1. The summed E-state index contributed by atoms with van der Waals surface area (Å²) >= 11 is 0. The Labute approximate surface area is 157 Å². The Balaban J connectivity index is 1.57. The van der Waals surface area contributed by atoms with Gasteiger partial charge in [0.15, 0.2) is 11.4 Å². The molecule has 0 unspecified atom stereocenters. The standard InChI is InChI=1S/C20H23N3O4/c24-17(25)8-5-12-26-13-9-16-21-18-14-6-1-2-7-15(14)27-19(18)20(22-16)23-10-3-4-11-23/h1-2,6-7H,3-5,8-13H2,(H,24,25). The summed E-state index contributed by atoms with van der Waals surface area (Å²) in [5.74, 6) is 0.804. The zero-order chi connectivity index (χ0) is 18.6. The summed E-state index contributed by atoms with van der Waals surface area (Å²) in [5.41, 5.74) is 2.43. The molecule has 142 valence electrons. The van der Waals surface area contributed by atoms with E-state index in [9.17, 15) is 4.79 Å². The molecule has 1 saturated heterocycles. The van der Waals surface area contributed by atoms with Crippen molar-refractivity contribution < 1.29 is 19.1 Å². The Kier molecular flexibility index (Phi) is 5.20. The number of aromatic nitrogens is 2. The zero-order valence-corrected chi connectivity index (χ0v) is 15.2. The van der Waals surface area contributed by atoms with Gasteiger partial charge in [0.2, 0.25) is 0 Å². The Morgan fingerprint density at radius 3 is 2.81 bits per heavy atom. The molecule has 3 aromatic rings. The molecule has 0 bridgehead atoms. The number of benzene rings is 1. The lowest BCUT2D eigenvalue weighted by atomic mass is 10.2. The average Bonchev–Trinajstić information content (AvgIpc) is 3.31. The second kappa shape index (κ2) is 7.92. The molecule has 2 aromatic heterocycles. The first-order chi connectivity index (χ1) is 13.2. The summed E-state index contributed by atoms with van der Waals surface area (Å²) in [5, 5.41) is 9.66. The maximum atomic E-state index is 10.5. The third-order valence-electron chi connectivity index (χ3n) is 4.80. The van der Waals surface area contributed by atoms with Crippen LogP contribution in [0.5, 0.6) is 0 Å². The lowest BCUT2D eigenvalue weighted by Gasteiger charge is -2.17. The Hall–Kier alpha value is -2.67. The first-order valence-corrected chi connectivity index (χ1v) is 9.45. The van der Waals surface area contributed by atoms with Crippen LogP contribution in [0.4, 0.5) is 5.82 Å². The van der Waals surface area contributed by atoms with E-state index >= 15 is 0 Å². The van der Waals surface area contributed by atoms with Gasteiger partial charge in [-0.05, 0) is 31.4 Å². The molecular weight excluding hydrogens is 346 g/mol. The van der Waals surface area contributed by atoms with Crippen LogP contribution < -0.4 is 4.90 Å². The van der Waals surface area contributed by atoms with Gasteiger partial charge in [-0.25, -0.2) is 9.97 Å². The first-order valence-electron chi connectivity index (χ1n) is 9.45. The number of furan rings is 1. The van der Waals surface area contributed by atoms with Crippen LogP contribution in [0.2, 0.25) is 0 Å². The second-order valence-electron chi connectivity index (χ2n) is 6.79. The number of ether oxygens (including phenoxy) is 1. The number of aliphatic carboxylic acids is 1. The highest BCUT2D eigenvalue weighted by Gasteiger charge is 2.22. The van der Waals surface area contributed by atoms with Crippen molar-refractivity contribution >= 4 is 33.9 Å². The molecule has 0 atom stereocenters. The summed E-state index contributed by atoms with van der Waals surface area (Å²) in [7, 11) is 0. The van der Waals surface area contributed by atoms with E-state index in [2.05, 4.69) is 4.90 Å². The minimum atomic E-state index is -0.797. The molecule has 1 aliphatic heterocycles. The fourth-order valence-corrected chi connectivity index (χ4v) is 3.47. The van der Waals surface area contributed by atoms with Crippen LogP contribution in [-0.4, -0.2) is 47.3 Å². The van der Waals surface area contributed by atoms with Gasteiger partial charge in [-0.1, -0.05) is 12.1 Å². The topological polar surface area (TPSA) is 88.7 Å². The molecule has 0 saturated carbocycles. The number of carbonyl (C=O) groups is 1. The van der Waals surface area contributed by atoms with Gasteiger partial charge in [0.25, 0.3) is 0 Å². The van der Waals surface area contributed by atoms with Gasteiger partial charge in [-0.2, -0.15) is 0 Å². The lowest BCUT2D eigenvalue weighted by molar-refractivity contribution is -0.137. The molecule has 1 aliphatic rings. The highest BCUT2D eigenvalue weighted by Crippen LogP contribution is 2.34. The number of nitrogens with zero attached hydrogens (tertiary/aromatic N) is 3. The van der Waals surface area contributed by atoms with Gasteiger partial charge in [0.05, 0.1) is 6.61 Å². The van der Waals surface area contributed by atoms with E-state index in [1.165, 1.54) is 0 Å². The molecule has 1 fully saturated rings. The summed E-state index contributed by atoms with van der Waals surface area (Å²) in [6.07, 6.45) is 3.55. The third-order valence-corrected chi connectivity index (χ3v) is 4.80. The number of rotatable bonds is 8. The van der Waals surface area contributed by atoms with Crippen LogP contribution in [0.3, 0.4) is 0 Å². The van der Waals surface area contributed by atoms with Gasteiger partial charge in [-0.15, -0.1) is 0 Å². The third kappa shape index (κ3) is 3.88. The van der Waals surface area contributed by atoms with Crippen molar-refractivity contribution in [2.24, 2.45) is 0 Å². The van der Waals surface area contributed by atoms with E-state index < -0.39 is 5.97 Å². The van der Waals surface area contributed by atoms with Crippen molar-refractivity contribution in [2.45, 2.75) is 32.1 Å². The van der Waals surface area contributed by atoms with Crippen molar-refractivity contribution in [3.05, 3.63) is 30.1 Å². The van der Waals surface area contributed by atoms with Gasteiger partial charge in [-0.3, -0.25) is 4.79 Å². The number of fused-ring (bicyclic) bond motifs is 3. The Morgan fingerprint density at radius 1 is 1.19 bits per heavy atom. The van der Waals surface area contributed by atoms with Crippen LogP contribution in [0.25, 0.3) is 22.1 Å². The SMILES string of the molecule is O=C(O)CCCOCCc1nc(N2CCCC2)c2oc3ccccc3c2n1. The quantitative estimate of drug-likeness (QED) is 0.609. The molecule has 0 aliphatic carbocycles. The summed E-state index contributed by atoms with van der Waals surface area (Å²) in [6, 6.07) is 7.92. The molecule has 7 nitrogen and oxygen atoms in total. The molecule has 3 heterocycles. The van der Waals surface area contributed by atoms with E-state index in [0.29, 0.717) is 26.1 Å². The number of hydrogen-bond donors (Lipinski definition) is 1. The zero-order valence-electron chi connectivity index (χ0n) is 15.2. The van der Waals surface area contributed by atoms with E-state index in [0.717, 1.165) is 59.6 Å². The molecule has 1 aromatic carbocycles. The van der Waals surface area contributed by atoms with Crippen LogP contribution >= 0.6 is 0 Å². The van der Waals surface area contributed by atoms with Crippen LogP contribution in [0.15, 0.2) is 28.7 Å². The smallest absolute Gasteiger partial charge is 0.303 e. The number of hydrogen-bond acceptors (Lipinski definition) is 6. The van der Waals surface area contributed by atoms with Crippen molar-refractivity contribution in [3.8, 4) is 0 Å². The van der Waals surface area contributed by atoms with Crippen LogP contribution in [0, 0.1) is 0 Å². The summed E-state index contributed by atoms with van der Waals surface area (Å²) < 4.78 is 11.6. The van der Waals surface area contributed by atoms with Gasteiger partial charge < -0.3 is 19.2 Å². The maximum absolute atomic E-state index is 10.5. The second-order valence-corrected chi connectivity index (χ2v) is 6.79. The number of anilines is 1. The first kappa shape index (κ1) is 17.7. The molecule has 1 N–H and O–H groups in total. The normalized spacial score (nSPS) is 14.4. The largest absolute Gasteiger partial charge is 0.481 e. The van der Waals surface area contributed by atoms with Gasteiger partial charge in [0.1, 0.15) is 16.9 Å². The summed E-state index contributed by atoms with van der Waals surface area (Å²) in [4.78, 5) is 22.3. The Morgan fingerprint density at radius 2 is 2.00 bits per heavy atom. The molecule has 0 amide bonds. The lowest BCUT2D eigenvalue weighted by Crippen LogP contribution is -2.20. The predicted molar refractivity (Wildman–Crippen MR) is 102 cm³/mol. The van der Waals surface area contributed by atoms with Crippen LogP contribution in [-0.2, 0) is 16.0 Å². The maximum Gasteiger partial charge on any atom is 0.303 e. The fourth-order valence-electron chi connectivity index (χ4n) is 3.47. The minimum Gasteiger partial charge on any atom is -0.481 e. The number of carboxylic acids is 1. The van der Waals surface area contributed by atoms with Crippen molar-refractivity contribution in [2.75, 3.05) is 31.2 Å². The predicted octanol–water partition coefficient (Wildman–Crippen LogP) is 3.40. The Bertz CT molecular complexity index is 947. The molecule has 0 radical (unpaired) electrons. The average molecular weight is 369 g/mol. The fraction of sp³-hybridized carbons (Fsp3) is 0.450. The highest BCUT2D eigenvalue weighted by atomic mass is 16.5. The van der Waals surface area contributed by atoms with Gasteiger partial charge >= 0.3 is 5.97 Å². The van der Waals surface area contributed by atoms with E-state index in [-0.39, 0.29) is 6.42 Å². The van der Waals surface area contributed by atoms with Crippen molar-refractivity contribution in [1.82, 2.24) is 9.97 Å². The van der Waals surface area contributed by atoms with E-state index in [1.54, 1.807) is 0 Å². The molecular formula is C20H23N3O4. The molecule has 4 rings (SSSR count).